The molecule has 0 saturated carbocycles. The van der Waals surface area contributed by atoms with E-state index < -0.39 is 5.60 Å². The van der Waals surface area contributed by atoms with Crippen molar-refractivity contribution in [3.8, 4) is 5.75 Å². The lowest BCUT2D eigenvalue weighted by Crippen LogP contribution is -2.52. The summed E-state index contributed by atoms with van der Waals surface area (Å²) in [6, 6.07) is 9.03. The van der Waals surface area contributed by atoms with Crippen LogP contribution in [0.15, 0.2) is 42.7 Å². The fourth-order valence-electron chi connectivity index (χ4n) is 3.48. The molecule has 28 heavy (non-hydrogen) atoms. The highest BCUT2D eigenvalue weighted by atomic mass is 16.5. The standard InChI is InChI=1S/C21H23N3O4/c1-21(2)20(26)24(14-15-4-3-7-22-13-15)17-12-16(5-6-18(17)28-21)19(25)23-8-10-27-11-9-23/h3-7,12-13H,8-11,14H2,1-2H3. The van der Waals surface area contributed by atoms with Crippen molar-refractivity contribution >= 4 is 17.5 Å². The molecule has 0 atom stereocenters. The third kappa shape index (κ3) is 3.45. The first-order chi connectivity index (χ1) is 13.5. The molecule has 4 rings (SSSR count). The Balaban J connectivity index is 1.69. The van der Waals surface area contributed by atoms with Gasteiger partial charge in [-0.2, -0.15) is 0 Å². The Morgan fingerprint density at radius 2 is 2.00 bits per heavy atom. The van der Waals surface area contributed by atoms with Crippen molar-refractivity contribution in [3.05, 3.63) is 53.9 Å². The van der Waals surface area contributed by atoms with E-state index in [4.69, 9.17) is 9.47 Å². The Bertz CT molecular complexity index is 892. The van der Waals surface area contributed by atoms with Crippen molar-refractivity contribution in [2.75, 3.05) is 31.2 Å². The Kier molecular flexibility index (Phi) is 4.77. The van der Waals surface area contributed by atoms with Gasteiger partial charge < -0.3 is 19.3 Å². The number of morpholine rings is 1. The van der Waals surface area contributed by atoms with Gasteiger partial charge in [-0.1, -0.05) is 6.07 Å². The van der Waals surface area contributed by atoms with Crippen LogP contribution >= 0.6 is 0 Å². The molecule has 0 bridgehead atoms. The molecular weight excluding hydrogens is 358 g/mol. The minimum Gasteiger partial charge on any atom is -0.476 e. The molecule has 2 aliphatic heterocycles. The van der Waals surface area contributed by atoms with E-state index in [-0.39, 0.29) is 11.8 Å². The van der Waals surface area contributed by atoms with Crippen molar-refractivity contribution in [2.24, 2.45) is 0 Å². The molecule has 1 saturated heterocycles. The van der Waals surface area contributed by atoms with Gasteiger partial charge in [0.15, 0.2) is 5.60 Å². The normalized spacial score (nSPS) is 18.4. The van der Waals surface area contributed by atoms with Crippen molar-refractivity contribution in [1.29, 1.82) is 0 Å². The molecule has 0 unspecified atom stereocenters. The van der Waals surface area contributed by atoms with E-state index in [0.29, 0.717) is 49.8 Å². The van der Waals surface area contributed by atoms with Gasteiger partial charge in [0.05, 0.1) is 25.4 Å². The number of carbonyl (C=O) groups is 2. The summed E-state index contributed by atoms with van der Waals surface area (Å²) in [5.74, 6) is 0.372. The topological polar surface area (TPSA) is 72.0 Å². The number of benzene rings is 1. The second-order valence-electron chi connectivity index (χ2n) is 7.45. The minimum atomic E-state index is -0.981. The monoisotopic (exact) mass is 381 g/mol. The van der Waals surface area contributed by atoms with Crippen molar-refractivity contribution < 1.29 is 19.1 Å². The van der Waals surface area contributed by atoms with Crippen LogP contribution in [0.2, 0.25) is 0 Å². The van der Waals surface area contributed by atoms with Crippen LogP contribution in [0, 0.1) is 0 Å². The lowest BCUT2D eigenvalue weighted by atomic mass is 10.0. The largest absolute Gasteiger partial charge is 0.476 e. The Morgan fingerprint density at radius 3 is 2.71 bits per heavy atom. The van der Waals surface area contributed by atoms with Crippen LogP contribution in [0.5, 0.6) is 5.75 Å². The summed E-state index contributed by atoms with van der Waals surface area (Å²) < 4.78 is 11.3. The second-order valence-corrected chi connectivity index (χ2v) is 7.45. The van der Waals surface area contributed by atoms with E-state index >= 15 is 0 Å². The van der Waals surface area contributed by atoms with Crippen molar-refractivity contribution in [1.82, 2.24) is 9.88 Å². The lowest BCUT2D eigenvalue weighted by molar-refractivity contribution is -0.132. The summed E-state index contributed by atoms with van der Waals surface area (Å²) in [5.41, 5.74) is 1.06. The molecule has 1 aromatic heterocycles. The number of fused-ring (bicyclic) bond motifs is 1. The summed E-state index contributed by atoms with van der Waals surface area (Å²) in [6.45, 7) is 6.08. The van der Waals surface area contributed by atoms with Gasteiger partial charge in [-0.3, -0.25) is 14.6 Å². The molecule has 0 N–H and O–H groups in total. The molecule has 2 aliphatic rings. The molecule has 7 heteroatoms. The summed E-state index contributed by atoms with van der Waals surface area (Å²) in [5, 5.41) is 0. The van der Waals surface area contributed by atoms with Gasteiger partial charge in [-0.25, -0.2) is 0 Å². The van der Waals surface area contributed by atoms with Crippen LogP contribution in [0.25, 0.3) is 0 Å². The maximum absolute atomic E-state index is 13.1. The van der Waals surface area contributed by atoms with Gasteiger partial charge in [0.25, 0.3) is 11.8 Å². The quantitative estimate of drug-likeness (QED) is 0.816. The number of aromatic nitrogens is 1. The molecule has 2 aromatic rings. The van der Waals surface area contributed by atoms with Crippen molar-refractivity contribution in [2.45, 2.75) is 26.0 Å². The summed E-state index contributed by atoms with van der Waals surface area (Å²) in [7, 11) is 0. The van der Waals surface area contributed by atoms with Crippen LogP contribution in [0.3, 0.4) is 0 Å². The smallest absolute Gasteiger partial charge is 0.271 e. The molecule has 0 radical (unpaired) electrons. The Labute approximate surface area is 163 Å². The van der Waals surface area contributed by atoms with Crippen molar-refractivity contribution in [3.63, 3.8) is 0 Å². The summed E-state index contributed by atoms with van der Waals surface area (Å²) in [4.78, 5) is 33.5. The van der Waals surface area contributed by atoms with Crippen LogP contribution in [-0.4, -0.2) is 53.6 Å². The molecule has 3 heterocycles. The fraction of sp³-hybridized carbons (Fsp3) is 0.381. The first-order valence-corrected chi connectivity index (χ1v) is 9.37. The first kappa shape index (κ1) is 18.4. The number of pyridine rings is 1. The molecule has 0 aliphatic carbocycles. The predicted octanol–water partition coefficient (Wildman–Crippen LogP) is 2.26. The zero-order valence-corrected chi connectivity index (χ0v) is 16.1. The number of hydrogen-bond acceptors (Lipinski definition) is 5. The third-order valence-corrected chi connectivity index (χ3v) is 4.98. The Hall–Kier alpha value is -2.93. The predicted molar refractivity (Wildman–Crippen MR) is 103 cm³/mol. The number of carbonyl (C=O) groups excluding carboxylic acids is 2. The number of rotatable bonds is 3. The molecule has 7 nitrogen and oxygen atoms in total. The van der Waals surface area contributed by atoms with Gasteiger partial charge in [-0.15, -0.1) is 0 Å². The van der Waals surface area contributed by atoms with Gasteiger partial charge in [0.2, 0.25) is 0 Å². The highest BCUT2D eigenvalue weighted by Gasteiger charge is 2.41. The molecule has 1 fully saturated rings. The second kappa shape index (κ2) is 7.24. The fourth-order valence-corrected chi connectivity index (χ4v) is 3.48. The molecule has 1 aromatic carbocycles. The maximum Gasteiger partial charge on any atom is 0.271 e. The summed E-state index contributed by atoms with van der Waals surface area (Å²) in [6.07, 6.45) is 3.43. The lowest BCUT2D eigenvalue weighted by Gasteiger charge is -2.39. The van der Waals surface area contributed by atoms with E-state index in [9.17, 15) is 9.59 Å². The minimum absolute atomic E-state index is 0.0651. The SMILES string of the molecule is CC1(C)Oc2ccc(C(=O)N3CCOCC3)cc2N(Cc2cccnc2)C1=O. The number of hydrogen-bond donors (Lipinski definition) is 0. The molecular formula is C21H23N3O4. The van der Waals surface area contributed by atoms with Gasteiger partial charge in [-0.05, 0) is 43.7 Å². The molecule has 0 spiro atoms. The highest BCUT2D eigenvalue weighted by molar-refractivity contribution is 6.04. The highest BCUT2D eigenvalue weighted by Crippen LogP contribution is 2.39. The van der Waals surface area contributed by atoms with Crippen LogP contribution in [0.1, 0.15) is 29.8 Å². The zero-order chi connectivity index (χ0) is 19.7. The van der Waals surface area contributed by atoms with E-state index in [2.05, 4.69) is 4.98 Å². The Morgan fingerprint density at radius 1 is 1.21 bits per heavy atom. The molecule has 2 amide bonds. The number of amides is 2. The average Bonchev–Trinajstić information content (AvgIpc) is 2.72. The number of nitrogens with zero attached hydrogens (tertiary/aromatic N) is 3. The van der Waals surface area contributed by atoms with Gasteiger partial charge in [0, 0.05) is 31.0 Å². The van der Waals surface area contributed by atoms with Crippen LogP contribution in [-0.2, 0) is 16.1 Å². The van der Waals surface area contributed by atoms with Crippen LogP contribution < -0.4 is 9.64 Å². The number of anilines is 1. The average molecular weight is 381 g/mol. The van der Waals surface area contributed by atoms with Gasteiger partial charge >= 0.3 is 0 Å². The van der Waals surface area contributed by atoms with E-state index in [1.54, 1.807) is 54.2 Å². The van der Waals surface area contributed by atoms with E-state index in [1.165, 1.54) is 0 Å². The zero-order valence-electron chi connectivity index (χ0n) is 16.1. The number of ether oxygens (including phenoxy) is 2. The van der Waals surface area contributed by atoms with E-state index in [1.807, 2.05) is 12.1 Å². The van der Waals surface area contributed by atoms with Crippen LogP contribution in [0.4, 0.5) is 5.69 Å². The third-order valence-electron chi connectivity index (χ3n) is 4.98. The van der Waals surface area contributed by atoms with E-state index in [0.717, 1.165) is 5.56 Å². The maximum atomic E-state index is 13.1. The molecule has 146 valence electrons. The first-order valence-electron chi connectivity index (χ1n) is 9.37. The summed E-state index contributed by atoms with van der Waals surface area (Å²) >= 11 is 0. The van der Waals surface area contributed by atoms with Gasteiger partial charge in [0.1, 0.15) is 5.75 Å².